The minimum Gasteiger partial charge on any atom is -0.305 e. The second-order valence-corrected chi connectivity index (χ2v) is 12.5. The number of aromatic amines is 1. The fourth-order valence-corrected chi connectivity index (χ4v) is 2.54. The topological polar surface area (TPSA) is 136 Å². The van der Waals surface area contributed by atoms with Gasteiger partial charge in [-0.15, -0.1) is 0 Å². The number of halogens is 4. The first kappa shape index (κ1) is 41.1. The Morgan fingerprint density at radius 2 is 1.13 bits per heavy atom. The number of nitrogens with zero attached hydrogens (tertiary/aromatic N) is 3. The van der Waals surface area contributed by atoms with Crippen molar-refractivity contribution < 1.29 is 4.57 Å². The quantitative estimate of drug-likeness (QED) is 0.114. The summed E-state index contributed by atoms with van der Waals surface area (Å²) in [5, 5.41) is 12.5. The Morgan fingerprint density at radius 3 is 1.56 bits per heavy atom. The van der Waals surface area contributed by atoms with Crippen LogP contribution in [0.15, 0.2) is 53.3 Å². The van der Waals surface area contributed by atoms with Crippen LogP contribution in [0.4, 0.5) is 0 Å². The van der Waals surface area contributed by atoms with Crippen molar-refractivity contribution in [3.63, 3.8) is 0 Å². The maximum absolute atomic E-state index is 11.4. The first-order valence-corrected chi connectivity index (χ1v) is 17.0. The molecule has 2 aromatic heterocycles. The molecule has 0 saturated carbocycles. The molecule has 3 N–H and O–H groups in total. The second kappa shape index (κ2) is 24.7. The molecule has 13 heteroatoms. The standard InChI is InChI=1S/C9H6ClN3.C9H7N3O.4C2H6.Cl3OP/c10-9-6-3-1-2-4-7(6)12-8(5-11)13-9;10-5-8-11-7-4-2-1-3-6(7)9(13)12-8;4*1-2;1-5(2,3)4/h1-5,11H;1-5,10H,(H,11,12,13);4*1-2H3;. The van der Waals surface area contributed by atoms with Crippen LogP contribution in [0, 0.1) is 10.8 Å². The van der Waals surface area contributed by atoms with E-state index in [1.807, 2.05) is 85.7 Å². The lowest BCUT2D eigenvalue weighted by molar-refractivity contribution is 0.600. The van der Waals surface area contributed by atoms with Crippen molar-refractivity contribution in [1.29, 1.82) is 10.8 Å². The zero-order chi connectivity index (χ0) is 31.0. The molecule has 0 aliphatic heterocycles. The number of hydrogen-bond donors (Lipinski definition) is 3. The number of aromatic nitrogens is 4. The van der Waals surface area contributed by atoms with Crippen LogP contribution in [0.1, 0.15) is 67.0 Å². The average molecular weight is 638 g/mol. The minimum absolute atomic E-state index is 0.205. The van der Waals surface area contributed by atoms with E-state index in [0.717, 1.165) is 23.3 Å². The van der Waals surface area contributed by atoms with E-state index in [0.29, 0.717) is 21.9 Å². The van der Waals surface area contributed by atoms with Gasteiger partial charge in [0.1, 0.15) is 5.15 Å². The molecule has 2 aromatic carbocycles. The van der Waals surface area contributed by atoms with Crippen LogP contribution in [-0.2, 0) is 4.57 Å². The van der Waals surface area contributed by atoms with Gasteiger partial charge in [0.25, 0.3) is 5.56 Å². The van der Waals surface area contributed by atoms with E-state index in [9.17, 15) is 9.36 Å². The summed E-state index contributed by atoms with van der Waals surface area (Å²) >= 11 is 19.7. The average Bonchev–Trinajstić information content (AvgIpc) is 2.96. The van der Waals surface area contributed by atoms with Crippen molar-refractivity contribution in [3.8, 4) is 0 Å². The van der Waals surface area contributed by atoms with Crippen molar-refractivity contribution in [2.45, 2.75) is 55.4 Å². The number of rotatable bonds is 2. The molecule has 39 heavy (non-hydrogen) atoms. The minimum atomic E-state index is -3.22. The van der Waals surface area contributed by atoms with Gasteiger partial charge in [-0.05, 0) is 58.0 Å². The van der Waals surface area contributed by atoms with E-state index in [1.54, 1.807) is 18.2 Å². The number of para-hydroxylation sites is 2. The third kappa shape index (κ3) is 17.8. The number of hydrogen-bond acceptors (Lipinski definition) is 7. The molecule has 0 fully saturated rings. The summed E-state index contributed by atoms with van der Waals surface area (Å²) in [6.45, 7) is 16.0. The van der Waals surface area contributed by atoms with Crippen LogP contribution in [-0.4, -0.2) is 32.4 Å². The lowest BCUT2D eigenvalue weighted by Gasteiger charge is -1.99. The normalized spacial score (nSPS) is 8.92. The van der Waals surface area contributed by atoms with Crippen LogP contribution in [0.25, 0.3) is 21.8 Å². The summed E-state index contributed by atoms with van der Waals surface area (Å²) in [5.41, 5.74) is 1.18. The Hall–Kier alpha value is -2.35. The smallest absolute Gasteiger partial charge is 0.305 e. The summed E-state index contributed by atoms with van der Waals surface area (Å²) in [5.74, 6) is 0.618. The zero-order valence-electron chi connectivity index (χ0n) is 23.4. The van der Waals surface area contributed by atoms with Crippen LogP contribution in [0.3, 0.4) is 0 Å². The molecule has 0 bridgehead atoms. The van der Waals surface area contributed by atoms with Gasteiger partial charge in [0.2, 0.25) is 0 Å². The van der Waals surface area contributed by atoms with E-state index >= 15 is 0 Å². The van der Waals surface area contributed by atoms with Gasteiger partial charge in [-0.2, -0.15) is 0 Å². The maximum atomic E-state index is 11.4. The molecule has 8 nitrogen and oxygen atoms in total. The Labute approximate surface area is 250 Å². The molecule has 0 unspecified atom stereocenters. The van der Waals surface area contributed by atoms with E-state index in [1.165, 1.54) is 0 Å². The highest BCUT2D eigenvalue weighted by Gasteiger charge is 2.03. The van der Waals surface area contributed by atoms with Crippen LogP contribution in [0.2, 0.25) is 5.15 Å². The summed E-state index contributed by atoms with van der Waals surface area (Å²) < 4.78 is 9.51. The summed E-state index contributed by atoms with van der Waals surface area (Å²) in [7, 11) is 0. The van der Waals surface area contributed by atoms with Gasteiger partial charge >= 0.3 is 5.20 Å². The predicted octanol–water partition coefficient (Wildman–Crippen LogP) is 10.1. The number of nitrogens with one attached hydrogen (secondary N) is 3. The van der Waals surface area contributed by atoms with Gasteiger partial charge in [0.05, 0.1) is 28.8 Å². The van der Waals surface area contributed by atoms with Crippen molar-refractivity contribution in [2.75, 3.05) is 0 Å². The molecule has 216 valence electrons. The molecule has 4 rings (SSSR count). The number of H-pyrrole nitrogens is 1. The highest BCUT2D eigenvalue weighted by atomic mass is 36.0. The van der Waals surface area contributed by atoms with Crippen LogP contribution >= 0.6 is 50.5 Å². The molecule has 0 amide bonds. The molecule has 0 aliphatic rings. The highest BCUT2D eigenvalue weighted by molar-refractivity contribution is 8.24. The van der Waals surface area contributed by atoms with E-state index in [-0.39, 0.29) is 11.4 Å². The molecule has 0 spiro atoms. The first-order valence-electron chi connectivity index (χ1n) is 12.2. The van der Waals surface area contributed by atoms with E-state index in [2.05, 4.69) is 53.7 Å². The molecule has 4 aromatic rings. The van der Waals surface area contributed by atoms with Crippen LogP contribution < -0.4 is 5.56 Å². The molecular weight excluding hydrogens is 601 g/mol. The SMILES string of the molecule is CC.CC.CC.CC.N=Cc1nc(Cl)c2ccccc2n1.N=Cc1nc2ccccc2c(=O)[nH]1.O=P(Cl)(Cl)Cl. The lowest BCUT2D eigenvalue weighted by Crippen LogP contribution is -2.10. The lowest BCUT2D eigenvalue weighted by atomic mass is 10.2. The zero-order valence-corrected chi connectivity index (χ0v) is 27.3. The molecule has 0 saturated heterocycles. The Kier molecular flexibility index (Phi) is 26.0. The van der Waals surface area contributed by atoms with Crippen molar-refractivity contribution in [2.24, 2.45) is 0 Å². The van der Waals surface area contributed by atoms with Crippen molar-refractivity contribution in [1.82, 2.24) is 19.9 Å². The van der Waals surface area contributed by atoms with Gasteiger partial charge in [0, 0.05) is 5.39 Å². The Bertz CT molecular complexity index is 1340. The predicted molar refractivity (Wildman–Crippen MR) is 173 cm³/mol. The van der Waals surface area contributed by atoms with Crippen LogP contribution in [0.5, 0.6) is 0 Å². The second-order valence-electron chi connectivity index (χ2n) is 5.55. The van der Waals surface area contributed by atoms with Gasteiger partial charge in [0.15, 0.2) is 11.6 Å². The summed E-state index contributed by atoms with van der Waals surface area (Å²) in [6.07, 6.45) is 2.10. The van der Waals surface area contributed by atoms with Gasteiger partial charge in [-0.3, -0.25) is 9.36 Å². The van der Waals surface area contributed by atoms with Crippen molar-refractivity contribution >= 4 is 84.8 Å². The monoisotopic (exact) mass is 636 g/mol. The fraction of sp³-hybridized carbons (Fsp3) is 0.308. The third-order valence-corrected chi connectivity index (χ3v) is 3.76. The molecular formula is C26H37Cl4N6O2P. The van der Waals surface area contributed by atoms with E-state index in [4.69, 9.17) is 22.4 Å². The van der Waals surface area contributed by atoms with Crippen molar-refractivity contribution in [3.05, 3.63) is 75.7 Å². The van der Waals surface area contributed by atoms with E-state index < -0.39 is 5.20 Å². The Balaban J connectivity index is -0.000000469. The molecule has 2 heterocycles. The summed E-state index contributed by atoms with van der Waals surface area (Å²) in [6, 6.07) is 14.5. The molecule has 0 aliphatic carbocycles. The number of benzene rings is 2. The summed E-state index contributed by atoms with van der Waals surface area (Å²) in [4.78, 5) is 26.0. The highest BCUT2D eigenvalue weighted by Crippen LogP contribution is 2.61. The van der Waals surface area contributed by atoms with Gasteiger partial charge < -0.3 is 15.8 Å². The third-order valence-electron chi connectivity index (χ3n) is 3.47. The first-order chi connectivity index (χ1) is 18.6. The molecule has 0 atom stereocenters. The van der Waals surface area contributed by atoms with Gasteiger partial charge in [-0.25, -0.2) is 15.0 Å². The largest absolute Gasteiger partial charge is 0.339 e. The number of fused-ring (bicyclic) bond motifs is 2. The fourth-order valence-electron chi connectivity index (χ4n) is 2.29. The molecule has 0 radical (unpaired) electrons. The maximum Gasteiger partial charge on any atom is 0.339 e. The van der Waals surface area contributed by atoms with Gasteiger partial charge in [-0.1, -0.05) is 91.3 Å². The Morgan fingerprint density at radius 1 is 0.718 bits per heavy atom.